The largest absolute Gasteiger partial charge is 0.379 e. The van der Waals surface area contributed by atoms with Gasteiger partial charge in [-0.2, -0.15) is 0 Å². The molecule has 2 unspecified atom stereocenters. The van der Waals surface area contributed by atoms with Crippen LogP contribution < -0.4 is 0 Å². The summed E-state index contributed by atoms with van der Waals surface area (Å²) in [6.45, 7) is 5.12. The van der Waals surface area contributed by atoms with Crippen LogP contribution in [-0.4, -0.2) is 72.5 Å². The smallest absolute Gasteiger partial charge is 0.242 e. The molecule has 5 rings (SSSR count). The predicted molar refractivity (Wildman–Crippen MR) is 146 cm³/mol. The molecule has 1 aliphatic carbocycles. The number of thiophene rings is 1. The Morgan fingerprint density at radius 3 is 2.42 bits per heavy atom. The van der Waals surface area contributed by atoms with Gasteiger partial charge in [0.25, 0.3) is 0 Å². The highest BCUT2D eigenvalue weighted by molar-refractivity contribution is 7.09. The summed E-state index contributed by atoms with van der Waals surface area (Å²) in [5, 5.41) is 1.99. The number of morpholine rings is 1. The Kier molecular flexibility index (Phi) is 8.83. The topological polar surface area (TPSA) is 53.1 Å². The Hall–Kier alpha value is -3.07. The molecule has 200 valence electrons. The molecule has 8 heteroatoms. The Morgan fingerprint density at radius 1 is 0.947 bits per heavy atom. The lowest BCUT2D eigenvalue weighted by Crippen LogP contribution is -2.47. The Labute approximate surface area is 227 Å². The SMILES string of the molecule is O=C(CN(CCN1CCOCC1)C(=O)C1CC1c1ccccc1)N(Cc1ccc(F)cc1)Cc1cccs1. The van der Waals surface area contributed by atoms with Crippen LogP contribution in [0.5, 0.6) is 0 Å². The number of hydrogen-bond donors (Lipinski definition) is 0. The van der Waals surface area contributed by atoms with Crippen molar-refractivity contribution >= 4 is 23.2 Å². The van der Waals surface area contributed by atoms with Gasteiger partial charge in [-0.15, -0.1) is 11.3 Å². The minimum absolute atomic E-state index is 0.0355. The van der Waals surface area contributed by atoms with Gasteiger partial charge in [-0.25, -0.2) is 4.39 Å². The molecule has 1 saturated carbocycles. The summed E-state index contributed by atoms with van der Waals surface area (Å²) in [4.78, 5) is 34.3. The van der Waals surface area contributed by atoms with E-state index >= 15 is 0 Å². The summed E-state index contributed by atoms with van der Waals surface area (Å²) in [5.41, 5.74) is 2.04. The summed E-state index contributed by atoms with van der Waals surface area (Å²) in [6, 6.07) is 20.4. The molecule has 0 spiro atoms. The highest BCUT2D eigenvalue weighted by Crippen LogP contribution is 2.48. The van der Waals surface area contributed by atoms with Gasteiger partial charge >= 0.3 is 0 Å². The van der Waals surface area contributed by atoms with Crippen molar-refractivity contribution in [3.63, 3.8) is 0 Å². The molecule has 6 nitrogen and oxygen atoms in total. The number of halogens is 1. The second-order valence-corrected chi connectivity index (χ2v) is 11.1. The monoisotopic (exact) mass is 535 g/mol. The van der Waals surface area contributed by atoms with E-state index < -0.39 is 0 Å². The molecule has 38 heavy (non-hydrogen) atoms. The molecule has 2 heterocycles. The molecular formula is C30H34FN3O3S. The summed E-state index contributed by atoms with van der Waals surface area (Å²) >= 11 is 1.60. The third-order valence-corrected chi connectivity index (χ3v) is 8.19. The van der Waals surface area contributed by atoms with Crippen LogP contribution in [0.1, 0.15) is 28.3 Å². The van der Waals surface area contributed by atoms with Crippen LogP contribution in [0.4, 0.5) is 4.39 Å². The maximum Gasteiger partial charge on any atom is 0.242 e. The van der Waals surface area contributed by atoms with Gasteiger partial charge < -0.3 is 14.5 Å². The standard InChI is InChI=1S/C30H34FN3O3S/c31-25-10-8-23(9-11-25)20-34(21-26-7-4-18-38-26)29(35)22-33(13-12-32-14-16-37-17-15-32)30(36)28-19-27(28)24-5-2-1-3-6-24/h1-11,18,27-28H,12-17,19-22H2. The zero-order chi connectivity index (χ0) is 26.3. The Bertz CT molecular complexity index is 1180. The first-order valence-electron chi connectivity index (χ1n) is 13.3. The number of carbonyl (C=O) groups is 2. The predicted octanol–water partition coefficient (Wildman–Crippen LogP) is 4.38. The number of rotatable bonds is 11. The van der Waals surface area contributed by atoms with E-state index in [1.807, 2.05) is 35.7 Å². The molecule has 2 aliphatic rings. The molecule has 1 saturated heterocycles. The second kappa shape index (κ2) is 12.7. The van der Waals surface area contributed by atoms with Crippen LogP contribution in [0, 0.1) is 11.7 Å². The fourth-order valence-corrected chi connectivity index (χ4v) is 5.74. The van der Waals surface area contributed by atoms with Gasteiger partial charge in [-0.3, -0.25) is 14.5 Å². The number of nitrogens with zero attached hydrogens (tertiary/aromatic N) is 3. The van der Waals surface area contributed by atoms with E-state index in [0.717, 1.165) is 30.0 Å². The van der Waals surface area contributed by atoms with Gasteiger partial charge in [0.05, 0.1) is 26.3 Å². The van der Waals surface area contributed by atoms with E-state index in [4.69, 9.17) is 4.74 Å². The van der Waals surface area contributed by atoms with Crippen molar-refractivity contribution in [2.24, 2.45) is 5.92 Å². The van der Waals surface area contributed by atoms with Gasteiger partial charge in [-0.1, -0.05) is 48.5 Å². The van der Waals surface area contributed by atoms with Crippen LogP contribution in [-0.2, 0) is 27.4 Å². The molecular weight excluding hydrogens is 501 g/mol. The summed E-state index contributed by atoms with van der Waals surface area (Å²) in [7, 11) is 0. The Morgan fingerprint density at radius 2 is 1.71 bits per heavy atom. The number of ether oxygens (including phenoxy) is 1. The van der Waals surface area contributed by atoms with E-state index in [2.05, 4.69) is 17.0 Å². The lowest BCUT2D eigenvalue weighted by atomic mass is 10.1. The normalized spacial score (nSPS) is 19.2. The summed E-state index contributed by atoms with van der Waals surface area (Å²) in [6.07, 6.45) is 0.819. The van der Waals surface area contributed by atoms with Crippen molar-refractivity contribution in [1.82, 2.24) is 14.7 Å². The molecule has 2 aromatic carbocycles. The first-order valence-corrected chi connectivity index (χ1v) is 14.1. The molecule has 3 aromatic rings. The van der Waals surface area contributed by atoms with Gasteiger partial charge in [-0.05, 0) is 47.0 Å². The Balaban J connectivity index is 1.30. The molecule has 2 fully saturated rings. The molecule has 2 atom stereocenters. The van der Waals surface area contributed by atoms with E-state index in [-0.39, 0.29) is 36.0 Å². The quantitative estimate of drug-likeness (QED) is 0.366. The lowest BCUT2D eigenvalue weighted by Gasteiger charge is -2.31. The summed E-state index contributed by atoms with van der Waals surface area (Å²) < 4.78 is 19.0. The first kappa shape index (κ1) is 26.5. The molecule has 0 N–H and O–H groups in total. The molecule has 2 amide bonds. The minimum atomic E-state index is -0.304. The van der Waals surface area contributed by atoms with Gasteiger partial charge in [0.15, 0.2) is 0 Å². The fraction of sp³-hybridized carbons (Fsp3) is 0.400. The highest BCUT2D eigenvalue weighted by atomic mass is 32.1. The number of benzene rings is 2. The lowest BCUT2D eigenvalue weighted by molar-refractivity contribution is -0.142. The highest BCUT2D eigenvalue weighted by Gasteiger charge is 2.46. The first-order chi connectivity index (χ1) is 18.6. The van der Waals surface area contributed by atoms with E-state index in [1.54, 1.807) is 33.3 Å². The zero-order valence-corrected chi connectivity index (χ0v) is 22.3. The van der Waals surface area contributed by atoms with Crippen molar-refractivity contribution in [3.05, 3.63) is 93.9 Å². The van der Waals surface area contributed by atoms with Crippen molar-refractivity contribution in [3.8, 4) is 0 Å². The second-order valence-electron chi connectivity index (χ2n) is 10.0. The zero-order valence-electron chi connectivity index (χ0n) is 21.5. The number of carbonyl (C=O) groups excluding carboxylic acids is 2. The van der Waals surface area contributed by atoms with Crippen molar-refractivity contribution < 1.29 is 18.7 Å². The molecule has 0 radical (unpaired) electrons. The van der Waals surface area contributed by atoms with E-state index in [9.17, 15) is 14.0 Å². The maximum absolute atomic E-state index is 13.7. The van der Waals surface area contributed by atoms with Crippen molar-refractivity contribution in [2.75, 3.05) is 45.9 Å². The number of amides is 2. The minimum Gasteiger partial charge on any atom is -0.379 e. The molecule has 0 bridgehead atoms. The molecule has 1 aromatic heterocycles. The average molecular weight is 536 g/mol. The van der Waals surface area contributed by atoms with Gasteiger partial charge in [0.2, 0.25) is 11.8 Å². The van der Waals surface area contributed by atoms with Crippen LogP contribution in [0.3, 0.4) is 0 Å². The van der Waals surface area contributed by atoms with E-state index in [1.165, 1.54) is 17.7 Å². The van der Waals surface area contributed by atoms with Crippen molar-refractivity contribution in [2.45, 2.75) is 25.4 Å². The van der Waals surface area contributed by atoms with Gasteiger partial charge in [0, 0.05) is 43.5 Å². The average Bonchev–Trinajstić information content (AvgIpc) is 3.59. The maximum atomic E-state index is 13.7. The van der Waals surface area contributed by atoms with Crippen LogP contribution in [0.2, 0.25) is 0 Å². The fourth-order valence-electron chi connectivity index (χ4n) is 5.02. The molecule has 1 aliphatic heterocycles. The van der Waals surface area contributed by atoms with Crippen molar-refractivity contribution in [1.29, 1.82) is 0 Å². The van der Waals surface area contributed by atoms with E-state index in [0.29, 0.717) is 39.4 Å². The third kappa shape index (κ3) is 7.07. The van der Waals surface area contributed by atoms with Crippen LogP contribution >= 0.6 is 11.3 Å². The third-order valence-electron chi connectivity index (χ3n) is 7.33. The summed E-state index contributed by atoms with van der Waals surface area (Å²) in [5.74, 6) is -0.223. The number of hydrogen-bond acceptors (Lipinski definition) is 5. The van der Waals surface area contributed by atoms with Gasteiger partial charge in [0.1, 0.15) is 5.82 Å². The van der Waals surface area contributed by atoms with Crippen LogP contribution in [0.25, 0.3) is 0 Å². The van der Waals surface area contributed by atoms with Crippen LogP contribution in [0.15, 0.2) is 72.1 Å².